The Morgan fingerprint density at radius 2 is 2.15 bits per heavy atom. The third-order valence-electron chi connectivity index (χ3n) is 1.74. The van der Waals surface area contributed by atoms with Crippen molar-refractivity contribution in [2.24, 2.45) is 10.9 Å². The van der Waals surface area contributed by atoms with E-state index in [2.05, 4.69) is 0 Å². The summed E-state index contributed by atoms with van der Waals surface area (Å²) in [6, 6.07) is 0. The highest BCUT2D eigenvalue weighted by Crippen LogP contribution is 2.31. The van der Waals surface area contributed by atoms with Crippen LogP contribution in [0.3, 0.4) is 0 Å². The van der Waals surface area contributed by atoms with Gasteiger partial charge in [0.25, 0.3) is 0 Å². The van der Waals surface area contributed by atoms with Crippen molar-refractivity contribution < 1.29 is 13.5 Å². The monoisotopic (exact) mass is 224 g/mol. The number of hydrogen-bond acceptors (Lipinski definition) is 4. The van der Waals surface area contributed by atoms with Crippen LogP contribution in [0.1, 0.15) is 0 Å². The minimum Gasteiger partial charge on any atom is -0.400 e. The van der Waals surface area contributed by atoms with Gasteiger partial charge >= 0.3 is 0 Å². The summed E-state index contributed by atoms with van der Waals surface area (Å²) >= 11 is 5.63. The summed E-state index contributed by atoms with van der Waals surface area (Å²) in [6.45, 7) is 0. The Bertz CT molecular complexity index is 375. The average molecular weight is 225 g/mol. The van der Waals surface area contributed by atoms with Crippen molar-refractivity contribution in [3.8, 4) is 0 Å². The molecule has 0 amide bonds. The molecule has 0 aromatic carbocycles. The molecule has 1 aliphatic carbocycles. The molecule has 5 nitrogen and oxygen atoms in total. The number of primary sulfonamides is 1. The van der Waals surface area contributed by atoms with Crippen molar-refractivity contribution in [3.63, 3.8) is 0 Å². The predicted molar refractivity (Wildman–Crippen MR) is 49.1 cm³/mol. The summed E-state index contributed by atoms with van der Waals surface area (Å²) < 4.78 is 20.0. The topological polar surface area (TPSA) is 106 Å². The maximum absolute atomic E-state index is 11.0. The van der Waals surface area contributed by atoms with Gasteiger partial charge in [-0.3, -0.25) is 0 Å². The highest BCUT2D eigenvalue weighted by molar-refractivity contribution is 7.92. The van der Waals surface area contributed by atoms with Crippen molar-refractivity contribution >= 4 is 21.6 Å². The molecule has 2 atom stereocenters. The maximum atomic E-state index is 11.0. The highest BCUT2D eigenvalue weighted by atomic mass is 35.5. The zero-order valence-corrected chi connectivity index (χ0v) is 8.09. The molecule has 2 unspecified atom stereocenters. The van der Waals surface area contributed by atoms with Gasteiger partial charge < -0.3 is 10.8 Å². The van der Waals surface area contributed by atoms with Gasteiger partial charge in [0.05, 0.1) is 0 Å². The van der Waals surface area contributed by atoms with Crippen LogP contribution >= 0.6 is 11.6 Å². The Morgan fingerprint density at radius 1 is 1.62 bits per heavy atom. The first-order valence-corrected chi connectivity index (χ1v) is 5.25. The second kappa shape index (κ2) is 2.98. The van der Waals surface area contributed by atoms with Gasteiger partial charge in [0.1, 0.15) is 6.10 Å². The molecule has 0 saturated carbocycles. The SMILES string of the molecule is NC1=CC=CC(Cl)(S(N)(=O)=O)C1O. The number of alkyl halides is 1. The highest BCUT2D eigenvalue weighted by Gasteiger charge is 2.46. The number of halogens is 1. The summed E-state index contributed by atoms with van der Waals surface area (Å²) in [5.74, 6) is 0. The van der Waals surface area contributed by atoms with Gasteiger partial charge in [-0.25, -0.2) is 13.6 Å². The standard InChI is InChI=1S/C6H9ClN2O3S/c7-6(13(9,11)12)3-1-2-4(8)5(6)10/h1-3,5,10H,8H2,(H2,9,11,12). The van der Waals surface area contributed by atoms with E-state index in [0.29, 0.717) is 0 Å². The van der Waals surface area contributed by atoms with Crippen LogP contribution in [0.4, 0.5) is 0 Å². The molecule has 0 radical (unpaired) electrons. The van der Waals surface area contributed by atoms with E-state index in [0.717, 1.165) is 6.08 Å². The van der Waals surface area contributed by atoms with Gasteiger partial charge in [0, 0.05) is 5.70 Å². The van der Waals surface area contributed by atoms with E-state index in [1.165, 1.54) is 12.2 Å². The molecule has 0 saturated heterocycles. The Hall–Kier alpha value is -0.560. The summed E-state index contributed by atoms with van der Waals surface area (Å²) in [7, 11) is -4.10. The van der Waals surface area contributed by atoms with Gasteiger partial charge in [-0.1, -0.05) is 17.7 Å². The number of allylic oxidation sites excluding steroid dienone is 2. The van der Waals surface area contributed by atoms with Gasteiger partial charge in [-0.05, 0) is 12.2 Å². The van der Waals surface area contributed by atoms with E-state index < -0.39 is 20.3 Å². The molecule has 13 heavy (non-hydrogen) atoms. The molecule has 0 aromatic heterocycles. The first kappa shape index (κ1) is 10.5. The Kier molecular flexibility index (Phi) is 2.42. The molecule has 7 heteroatoms. The summed E-state index contributed by atoms with van der Waals surface area (Å²) in [5.41, 5.74) is 5.27. The third kappa shape index (κ3) is 1.58. The Morgan fingerprint density at radius 3 is 2.54 bits per heavy atom. The number of hydrogen-bond donors (Lipinski definition) is 3. The minimum absolute atomic E-state index is 0.0356. The van der Waals surface area contributed by atoms with E-state index in [9.17, 15) is 13.5 Å². The molecule has 0 heterocycles. The molecule has 74 valence electrons. The van der Waals surface area contributed by atoms with Crippen LogP contribution in [0, 0.1) is 0 Å². The molecule has 0 aliphatic heterocycles. The van der Waals surface area contributed by atoms with Crippen molar-refractivity contribution in [3.05, 3.63) is 23.9 Å². The van der Waals surface area contributed by atoms with Crippen LogP contribution in [0.2, 0.25) is 0 Å². The molecule has 1 rings (SSSR count). The van der Waals surface area contributed by atoms with Crippen LogP contribution in [-0.4, -0.2) is 23.8 Å². The van der Waals surface area contributed by atoms with Crippen molar-refractivity contribution in [1.29, 1.82) is 0 Å². The zero-order chi connectivity index (χ0) is 10.3. The number of aliphatic hydroxyl groups is 1. The molecular formula is C6H9ClN2O3S. The van der Waals surface area contributed by atoms with E-state index in [4.69, 9.17) is 22.5 Å². The van der Waals surface area contributed by atoms with Gasteiger partial charge in [0.2, 0.25) is 14.2 Å². The largest absolute Gasteiger partial charge is 0.400 e. The number of sulfonamides is 1. The van der Waals surface area contributed by atoms with Crippen LogP contribution in [0.25, 0.3) is 0 Å². The number of rotatable bonds is 1. The normalized spacial score (nSPS) is 34.4. The third-order valence-corrected chi connectivity index (χ3v) is 3.95. The lowest BCUT2D eigenvalue weighted by atomic mass is 10.1. The second-order valence-electron chi connectivity index (χ2n) is 2.67. The Labute approximate surface area is 80.7 Å². The van der Waals surface area contributed by atoms with E-state index in [1.807, 2.05) is 0 Å². The van der Waals surface area contributed by atoms with E-state index >= 15 is 0 Å². The van der Waals surface area contributed by atoms with E-state index in [1.54, 1.807) is 0 Å². The smallest absolute Gasteiger partial charge is 0.235 e. The zero-order valence-electron chi connectivity index (χ0n) is 6.51. The predicted octanol–water partition coefficient (Wildman–Crippen LogP) is -1.02. The average Bonchev–Trinajstić information content (AvgIpc) is 1.98. The molecular weight excluding hydrogens is 216 g/mol. The second-order valence-corrected chi connectivity index (χ2v) is 5.29. The molecule has 1 aliphatic rings. The maximum Gasteiger partial charge on any atom is 0.235 e. The fraction of sp³-hybridized carbons (Fsp3) is 0.333. The minimum atomic E-state index is -4.10. The quantitative estimate of drug-likeness (QED) is 0.496. The molecule has 0 aromatic rings. The molecule has 0 spiro atoms. The van der Waals surface area contributed by atoms with Crippen molar-refractivity contribution in [1.82, 2.24) is 0 Å². The van der Waals surface area contributed by atoms with Crippen molar-refractivity contribution in [2.45, 2.75) is 10.3 Å². The summed E-state index contributed by atoms with van der Waals surface area (Å²) in [6.07, 6.45) is 2.26. The first-order valence-electron chi connectivity index (χ1n) is 3.33. The molecule has 0 fully saturated rings. The fourth-order valence-electron chi connectivity index (χ4n) is 0.950. The Balaban J connectivity index is 3.23. The van der Waals surface area contributed by atoms with Crippen LogP contribution in [-0.2, 0) is 10.0 Å². The van der Waals surface area contributed by atoms with Crippen LogP contribution < -0.4 is 10.9 Å². The lowest BCUT2D eigenvalue weighted by Crippen LogP contribution is -2.49. The van der Waals surface area contributed by atoms with Gasteiger partial charge in [0.15, 0.2) is 0 Å². The summed E-state index contributed by atoms with van der Waals surface area (Å²) in [5, 5.41) is 14.2. The molecule has 5 N–H and O–H groups in total. The van der Waals surface area contributed by atoms with Crippen LogP contribution in [0.5, 0.6) is 0 Å². The first-order chi connectivity index (χ1) is 5.79. The molecule has 0 bridgehead atoms. The summed E-state index contributed by atoms with van der Waals surface area (Å²) in [4.78, 5) is 0. The van der Waals surface area contributed by atoms with Gasteiger partial charge in [-0.15, -0.1) is 0 Å². The number of nitrogens with two attached hydrogens (primary N) is 2. The van der Waals surface area contributed by atoms with Crippen molar-refractivity contribution in [2.75, 3.05) is 0 Å². The van der Waals surface area contributed by atoms with Gasteiger partial charge in [-0.2, -0.15) is 0 Å². The lowest BCUT2D eigenvalue weighted by Gasteiger charge is -2.28. The fourth-order valence-corrected chi connectivity index (χ4v) is 1.86. The van der Waals surface area contributed by atoms with E-state index in [-0.39, 0.29) is 5.70 Å². The number of aliphatic hydroxyl groups excluding tert-OH is 1. The lowest BCUT2D eigenvalue weighted by molar-refractivity contribution is 0.201. The van der Waals surface area contributed by atoms with Crippen LogP contribution in [0.15, 0.2) is 23.9 Å².